The molecule has 0 bridgehead atoms. The van der Waals surface area contributed by atoms with Gasteiger partial charge < -0.3 is 21.7 Å². The second-order valence-electron chi connectivity index (χ2n) is 5.60. The summed E-state index contributed by atoms with van der Waals surface area (Å²) in [6, 6.07) is 8.79. The molecule has 1 saturated heterocycles. The van der Waals surface area contributed by atoms with Crippen molar-refractivity contribution in [2.75, 3.05) is 30.3 Å². The fraction of sp³-hybridized carbons (Fsp3) is 0.438. The molecule has 0 aromatic heterocycles. The van der Waals surface area contributed by atoms with Crippen molar-refractivity contribution in [3.05, 3.63) is 35.5 Å². The van der Waals surface area contributed by atoms with Gasteiger partial charge in [0.15, 0.2) is 0 Å². The minimum Gasteiger partial charge on any atom is -0.375 e. The van der Waals surface area contributed by atoms with Crippen LogP contribution in [0.5, 0.6) is 0 Å². The molecule has 0 radical (unpaired) electrons. The maximum Gasteiger partial charge on any atom is 0.0639 e. The summed E-state index contributed by atoms with van der Waals surface area (Å²) in [6.07, 6.45) is 3.06. The summed E-state index contributed by atoms with van der Waals surface area (Å²) >= 11 is 0. The van der Waals surface area contributed by atoms with Gasteiger partial charge in [-0.1, -0.05) is 12.1 Å². The van der Waals surface area contributed by atoms with Gasteiger partial charge in [-0.25, -0.2) is 0 Å². The number of nitrogens with two attached hydrogens (primary N) is 1. The second kappa shape index (κ2) is 6.28. The predicted octanol–water partition coefficient (Wildman–Crippen LogP) is 1.56. The highest BCUT2D eigenvalue weighted by molar-refractivity contribution is 5.85. The third-order valence-electron chi connectivity index (χ3n) is 4.04. The third kappa shape index (κ3) is 3.09. The van der Waals surface area contributed by atoms with Crippen LogP contribution in [-0.4, -0.2) is 37.9 Å². The largest absolute Gasteiger partial charge is 0.375 e. The van der Waals surface area contributed by atoms with Gasteiger partial charge in [0, 0.05) is 30.6 Å². The SMILES string of the molecule is CC1Nc2ccccc2NC1=C(C=NC1CCNC1)CN. The first-order valence-corrected chi connectivity index (χ1v) is 7.57. The van der Waals surface area contributed by atoms with Crippen molar-refractivity contribution in [3.63, 3.8) is 0 Å². The summed E-state index contributed by atoms with van der Waals surface area (Å²) in [7, 11) is 0. The lowest BCUT2D eigenvalue weighted by atomic mass is 10.0. The first-order valence-electron chi connectivity index (χ1n) is 7.57. The molecule has 5 nitrogen and oxygen atoms in total. The lowest BCUT2D eigenvalue weighted by molar-refractivity contribution is 0.747. The minimum atomic E-state index is 0.201. The van der Waals surface area contributed by atoms with Crippen LogP contribution in [0.4, 0.5) is 11.4 Å². The minimum absolute atomic E-state index is 0.201. The van der Waals surface area contributed by atoms with Crippen LogP contribution in [0.15, 0.2) is 40.5 Å². The molecular formula is C16H23N5. The summed E-state index contributed by atoms with van der Waals surface area (Å²) in [4.78, 5) is 4.67. The number of nitrogens with one attached hydrogen (secondary N) is 3. The van der Waals surface area contributed by atoms with Gasteiger partial charge in [0.25, 0.3) is 0 Å². The zero-order valence-corrected chi connectivity index (χ0v) is 12.4. The van der Waals surface area contributed by atoms with E-state index in [1.807, 2.05) is 18.3 Å². The number of anilines is 2. The summed E-state index contributed by atoms with van der Waals surface area (Å²) in [5.41, 5.74) is 10.3. The average molecular weight is 285 g/mol. The molecule has 2 aliphatic rings. The highest BCUT2D eigenvalue weighted by Gasteiger charge is 2.20. The molecule has 5 heteroatoms. The first kappa shape index (κ1) is 14.1. The van der Waals surface area contributed by atoms with Crippen LogP contribution in [-0.2, 0) is 0 Å². The Morgan fingerprint density at radius 3 is 2.90 bits per heavy atom. The quantitative estimate of drug-likeness (QED) is 0.636. The normalized spacial score (nSPS) is 27.1. The molecule has 2 aliphatic heterocycles. The fourth-order valence-electron chi connectivity index (χ4n) is 2.83. The molecule has 21 heavy (non-hydrogen) atoms. The van der Waals surface area contributed by atoms with Crippen molar-refractivity contribution in [3.8, 4) is 0 Å². The van der Waals surface area contributed by atoms with E-state index in [2.05, 4.69) is 40.0 Å². The van der Waals surface area contributed by atoms with E-state index in [0.717, 1.165) is 42.2 Å². The Bertz CT molecular complexity index is 558. The Hall–Kier alpha value is -1.85. The molecule has 112 valence electrons. The van der Waals surface area contributed by atoms with E-state index in [9.17, 15) is 0 Å². The number of hydrogen-bond donors (Lipinski definition) is 4. The number of aliphatic imine (C=N–C) groups is 1. The lowest BCUT2D eigenvalue weighted by Gasteiger charge is -2.30. The summed E-state index contributed by atoms with van der Waals surface area (Å²) in [5.74, 6) is 0. The standard InChI is InChI=1S/C16H23N5/c1-11-16(21-15-5-3-2-4-14(15)20-11)12(8-17)9-19-13-6-7-18-10-13/h2-5,9,11,13,18,20-21H,6-8,10,17H2,1H3. The number of nitrogens with zero attached hydrogens (tertiary/aromatic N) is 1. The molecule has 5 N–H and O–H groups in total. The molecule has 0 amide bonds. The van der Waals surface area contributed by atoms with E-state index in [0.29, 0.717) is 12.6 Å². The van der Waals surface area contributed by atoms with Crippen molar-refractivity contribution in [1.82, 2.24) is 5.32 Å². The molecule has 2 heterocycles. The smallest absolute Gasteiger partial charge is 0.0639 e. The Morgan fingerprint density at radius 2 is 2.19 bits per heavy atom. The topological polar surface area (TPSA) is 74.5 Å². The highest BCUT2D eigenvalue weighted by Crippen LogP contribution is 2.30. The van der Waals surface area contributed by atoms with Gasteiger partial charge in [0.2, 0.25) is 0 Å². The van der Waals surface area contributed by atoms with Gasteiger partial charge in [-0.05, 0) is 32.0 Å². The van der Waals surface area contributed by atoms with E-state index in [4.69, 9.17) is 5.73 Å². The number of fused-ring (bicyclic) bond motifs is 1. The molecule has 2 unspecified atom stereocenters. The Morgan fingerprint density at radius 1 is 1.38 bits per heavy atom. The van der Waals surface area contributed by atoms with Gasteiger partial charge in [-0.15, -0.1) is 0 Å². The maximum absolute atomic E-state index is 5.94. The Balaban J connectivity index is 1.84. The molecule has 0 spiro atoms. The van der Waals surface area contributed by atoms with Gasteiger partial charge >= 0.3 is 0 Å². The van der Waals surface area contributed by atoms with E-state index in [-0.39, 0.29) is 6.04 Å². The molecule has 1 aromatic rings. The van der Waals surface area contributed by atoms with Gasteiger partial charge in [-0.2, -0.15) is 0 Å². The maximum atomic E-state index is 5.94. The predicted molar refractivity (Wildman–Crippen MR) is 89.0 cm³/mol. The lowest BCUT2D eigenvalue weighted by Crippen LogP contribution is -2.31. The Labute approximate surface area is 125 Å². The van der Waals surface area contributed by atoms with Gasteiger partial charge in [-0.3, -0.25) is 4.99 Å². The van der Waals surface area contributed by atoms with Crippen LogP contribution >= 0.6 is 0 Å². The summed E-state index contributed by atoms with van der Waals surface area (Å²) < 4.78 is 0. The van der Waals surface area contributed by atoms with Gasteiger partial charge in [0.05, 0.1) is 23.5 Å². The zero-order chi connectivity index (χ0) is 14.7. The average Bonchev–Trinajstić information content (AvgIpc) is 3.01. The molecule has 0 saturated carbocycles. The number of rotatable bonds is 3. The summed E-state index contributed by atoms with van der Waals surface area (Å²) in [6.45, 7) is 4.65. The third-order valence-corrected chi connectivity index (χ3v) is 4.04. The van der Waals surface area contributed by atoms with Crippen LogP contribution in [0, 0.1) is 0 Å². The molecular weight excluding hydrogens is 262 g/mol. The van der Waals surface area contributed by atoms with Crippen molar-refractivity contribution in [1.29, 1.82) is 0 Å². The van der Waals surface area contributed by atoms with Crippen LogP contribution in [0.1, 0.15) is 13.3 Å². The van der Waals surface area contributed by atoms with E-state index >= 15 is 0 Å². The fourth-order valence-corrected chi connectivity index (χ4v) is 2.83. The number of hydrogen-bond acceptors (Lipinski definition) is 5. The monoisotopic (exact) mass is 285 g/mol. The van der Waals surface area contributed by atoms with Gasteiger partial charge in [0.1, 0.15) is 0 Å². The van der Waals surface area contributed by atoms with Crippen molar-refractivity contribution in [2.45, 2.75) is 25.4 Å². The molecule has 0 aliphatic carbocycles. The zero-order valence-electron chi connectivity index (χ0n) is 12.4. The van der Waals surface area contributed by atoms with Crippen LogP contribution in [0.2, 0.25) is 0 Å². The molecule has 3 rings (SSSR count). The van der Waals surface area contributed by atoms with E-state index < -0.39 is 0 Å². The van der Waals surface area contributed by atoms with Crippen LogP contribution in [0.3, 0.4) is 0 Å². The van der Waals surface area contributed by atoms with Crippen LogP contribution in [0.25, 0.3) is 0 Å². The summed E-state index contributed by atoms with van der Waals surface area (Å²) in [5, 5.41) is 10.3. The molecule has 1 aromatic carbocycles. The van der Waals surface area contributed by atoms with E-state index in [1.54, 1.807) is 0 Å². The first-order chi connectivity index (χ1) is 10.3. The van der Waals surface area contributed by atoms with Crippen molar-refractivity contribution < 1.29 is 0 Å². The number of benzene rings is 1. The molecule has 2 atom stereocenters. The van der Waals surface area contributed by atoms with Crippen molar-refractivity contribution in [2.24, 2.45) is 10.7 Å². The van der Waals surface area contributed by atoms with Crippen LogP contribution < -0.4 is 21.7 Å². The highest BCUT2D eigenvalue weighted by atomic mass is 15.1. The van der Waals surface area contributed by atoms with Crippen molar-refractivity contribution >= 4 is 17.6 Å². The van der Waals surface area contributed by atoms with E-state index in [1.165, 1.54) is 0 Å². The number of para-hydroxylation sites is 2. The second-order valence-corrected chi connectivity index (χ2v) is 5.60. The molecule has 1 fully saturated rings. The Kier molecular flexibility index (Phi) is 4.22.